The first kappa shape index (κ1) is 32.1. The Labute approximate surface area is 307 Å². The molecule has 0 saturated heterocycles. The highest BCUT2D eigenvalue weighted by Crippen LogP contribution is 2.39. The molecule has 0 fully saturated rings. The van der Waals surface area contributed by atoms with E-state index in [1.165, 1.54) is 80.1 Å². The van der Waals surface area contributed by atoms with Crippen LogP contribution in [0, 0.1) is 5.92 Å². The van der Waals surface area contributed by atoms with Crippen molar-refractivity contribution >= 4 is 38.7 Å². The van der Waals surface area contributed by atoms with Gasteiger partial charge in [0.05, 0.1) is 5.52 Å². The molecule has 0 N–H and O–H groups in total. The van der Waals surface area contributed by atoms with Crippen molar-refractivity contribution in [1.82, 2.24) is 4.57 Å². The second kappa shape index (κ2) is 13.7. The SMILES string of the molecule is CCCc1ccc2c(c1)c1c(n2-c2ccc(-c3ccc(N(c4ccccc4)c4ccc(-c5ccc6ccccc6c5)cc4)cc3)cc2)CCC(C)C1. The lowest BCUT2D eigenvalue weighted by Crippen LogP contribution is -2.13. The first-order valence-electron chi connectivity index (χ1n) is 18.9. The maximum Gasteiger partial charge on any atom is 0.0534 e. The van der Waals surface area contributed by atoms with Crippen molar-refractivity contribution in [2.45, 2.75) is 46.0 Å². The molecule has 9 rings (SSSR count). The third-order valence-corrected chi connectivity index (χ3v) is 11.0. The van der Waals surface area contributed by atoms with Crippen LogP contribution in [0.1, 0.15) is 43.5 Å². The fourth-order valence-corrected chi connectivity index (χ4v) is 8.32. The largest absolute Gasteiger partial charge is 0.313 e. The molecule has 0 bridgehead atoms. The number of nitrogens with zero attached hydrogens (tertiary/aromatic N) is 2. The monoisotopic (exact) mass is 672 g/mol. The Morgan fingerprint density at radius 2 is 1.17 bits per heavy atom. The van der Waals surface area contributed by atoms with Crippen molar-refractivity contribution < 1.29 is 0 Å². The van der Waals surface area contributed by atoms with Gasteiger partial charge in [-0.05, 0) is 142 Å². The van der Waals surface area contributed by atoms with Gasteiger partial charge in [0.25, 0.3) is 0 Å². The van der Waals surface area contributed by atoms with Gasteiger partial charge in [-0.25, -0.2) is 0 Å². The number of rotatable bonds is 8. The summed E-state index contributed by atoms with van der Waals surface area (Å²) in [5, 5.41) is 3.98. The Balaban J connectivity index is 1.01. The summed E-state index contributed by atoms with van der Waals surface area (Å²) in [4.78, 5) is 2.34. The number of hydrogen-bond acceptors (Lipinski definition) is 1. The molecular formula is C50H44N2. The second-order valence-corrected chi connectivity index (χ2v) is 14.6. The zero-order valence-corrected chi connectivity index (χ0v) is 30.1. The molecule has 1 aliphatic carbocycles. The third kappa shape index (κ3) is 5.99. The number of hydrogen-bond donors (Lipinski definition) is 0. The molecule has 254 valence electrons. The minimum absolute atomic E-state index is 0.735. The van der Waals surface area contributed by atoms with Crippen LogP contribution in [0.3, 0.4) is 0 Å². The number of fused-ring (bicyclic) bond motifs is 4. The predicted octanol–water partition coefficient (Wildman–Crippen LogP) is 13.7. The Morgan fingerprint density at radius 1 is 0.577 bits per heavy atom. The molecule has 0 amide bonds. The van der Waals surface area contributed by atoms with E-state index in [-0.39, 0.29) is 0 Å². The summed E-state index contributed by atoms with van der Waals surface area (Å²) >= 11 is 0. The fraction of sp³-hybridized carbons (Fsp3) is 0.160. The standard InChI is InChI=1S/C50H44N2/c1-3-9-36-15-31-50-48(33-36)47-32-35(2)14-30-49(47)52(50)46-28-20-39(21-29-46)38-18-24-44(25-19-38)51(43-12-5-4-6-13-43)45-26-22-40(23-27-45)42-17-16-37-10-7-8-11-41(37)34-42/h4-8,10-13,15-29,31,33-35H,3,9,14,30,32H2,1-2H3. The molecule has 8 aromatic rings. The van der Waals surface area contributed by atoms with Crippen molar-refractivity contribution in [1.29, 1.82) is 0 Å². The van der Waals surface area contributed by atoms with E-state index in [0.29, 0.717) is 0 Å². The zero-order chi connectivity index (χ0) is 35.0. The van der Waals surface area contributed by atoms with Crippen molar-refractivity contribution in [2.75, 3.05) is 4.90 Å². The highest BCUT2D eigenvalue weighted by atomic mass is 15.1. The van der Waals surface area contributed by atoms with E-state index in [2.05, 4.69) is 187 Å². The van der Waals surface area contributed by atoms with Crippen LogP contribution in [0.4, 0.5) is 17.1 Å². The molecular weight excluding hydrogens is 629 g/mol. The Hall–Kier alpha value is -5.86. The number of aryl methyl sites for hydroxylation is 1. The zero-order valence-electron chi connectivity index (χ0n) is 30.1. The topological polar surface area (TPSA) is 8.17 Å². The van der Waals surface area contributed by atoms with Crippen LogP contribution in [-0.2, 0) is 19.3 Å². The molecule has 2 heteroatoms. The van der Waals surface area contributed by atoms with Crippen LogP contribution in [-0.4, -0.2) is 4.57 Å². The molecule has 0 aliphatic heterocycles. The first-order valence-corrected chi connectivity index (χ1v) is 18.9. The lowest BCUT2D eigenvalue weighted by atomic mass is 9.87. The minimum Gasteiger partial charge on any atom is -0.313 e. The van der Waals surface area contributed by atoms with E-state index in [1.54, 1.807) is 5.56 Å². The van der Waals surface area contributed by atoms with Crippen LogP contribution < -0.4 is 4.90 Å². The average molecular weight is 673 g/mol. The lowest BCUT2D eigenvalue weighted by Gasteiger charge is -2.26. The molecule has 1 atom stereocenters. The van der Waals surface area contributed by atoms with Crippen LogP contribution in [0.25, 0.3) is 49.6 Å². The van der Waals surface area contributed by atoms with E-state index < -0.39 is 0 Å². The average Bonchev–Trinajstić information content (AvgIpc) is 3.51. The molecule has 52 heavy (non-hydrogen) atoms. The van der Waals surface area contributed by atoms with Gasteiger partial charge in [0.15, 0.2) is 0 Å². The molecule has 0 radical (unpaired) electrons. The molecule has 1 aromatic heterocycles. The summed E-state index contributed by atoms with van der Waals surface area (Å²) in [7, 11) is 0. The van der Waals surface area contributed by atoms with Gasteiger partial charge >= 0.3 is 0 Å². The minimum atomic E-state index is 0.735. The van der Waals surface area contributed by atoms with Gasteiger partial charge < -0.3 is 9.47 Å². The van der Waals surface area contributed by atoms with Crippen LogP contribution in [0.5, 0.6) is 0 Å². The fourth-order valence-electron chi connectivity index (χ4n) is 8.32. The van der Waals surface area contributed by atoms with Gasteiger partial charge in [-0.3, -0.25) is 0 Å². The smallest absolute Gasteiger partial charge is 0.0534 e. The van der Waals surface area contributed by atoms with Crippen LogP contribution in [0.2, 0.25) is 0 Å². The summed E-state index contributed by atoms with van der Waals surface area (Å²) in [6.07, 6.45) is 5.89. The summed E-state index contributed by atoms with van der Waals surface area (Å²) in [5.74, 6) is 0.735. The van der Waals surface area contributed by atoms with Gasteiger partial charge in [-0.15, -0.1) is 0 Å². The summed E-state index contributed by atoms with van der Waals surface area (Å²) in [5.41, 5.74) is 15.4. The predicted molar refractivity (Wildman–Crippen MR) is 222 cm³/mol. The second-order valence-electron chi connectivity index (χ2n) is 14.6. The van der Waals surface area contributed by atoms with E-state index in [4.69, 9.17) is 0 Å². The van der Waals surface area contributed by atoms with Crippen molar-refractivity contribution in [3.05, 3.63) is 181 Å². The molecule has 0 spiro atoms. The molecule has 1 aliphatic rings. The third-order valence-electron chi connectivity index (χ3n) is 11.0. The van der Waals surface area contributed by atoms with Gasteiger partial charge in [0, 0.05) is 33.8 Å². The number of para-hydroxylation sites is 1. The molecule has 7 aromatic carbocycles. The normalized spacial score (nSPS) is 14.1. The molecule has 0 saturated carbocycles. The first-order chi connectivity index (χ1) is 25.6. The van der Waals surface area contributed by atoms with Crippen LogP contribution in [0.15, 0.2) is 164 Å². The quantitative estimate of drug-likeness (QED) is 0.156. The van der Waals surface area contributed by atoms with E-state index in [1.807, 2.05) is 0 Å². The van der Waals surface area contributed by atoms with E-state index >= 15 is 0 Å². The Bertz CT molecular complexity index is 2490. The summed E-state index contributed by atoms with van der Waals surface area (Å²) < 4.78 is 2.54. The van der Waals surface area contributed by atoms with Gasteiger partial charge in [-0.2, -0.15) is 0 Å². The Morgan fingerprint density at radius 3 is 1.87 bits per heavy atom. The van der Waals surface area contributed by atoms with Crippen molar-refractivity contribution in [3.63, 3.8) is 0 Å². The number of aromatic nitrogens is 1. The van der Waals surface area contributed by atoms with E-state index in [9.17, 15) is 0 Å². The highest BCUT2D eigenvalue weighted by Gasteiger charge is 2.24. The lowest BCUT2D eigenvalue weighted by molar-refractivity contribution is 0.495. The van der Waals surface area contributed by atoms with E-state index in [0.717, 1.165) is 35.8 Å². The number of benzene rings is 7. The molecule has 1 unspecified atom stereocenters. The van der Waals surface area contributed by atoms with Crippen LogP contribution >= 0.6 is 0 Å². The van der Waals surface area contributed by atoms with Crippen molar-refractivity contribution in [3.8, 4) is 27.9 Å². The Kier molecular flexibility index (Phi) is 8.45. The maximum atomic E-state index is 2.54. The maximum absolute atomic E-state index is 2.54. The summed E-state index contributed by atoms with van der Waals surface area (Å²) in [6.45, 7) is 4.68. The number of anilines is 3. The van der Waals surface area contributed by atoms with Gasteiger partial charge in [0.2, 0.25) is 0 Å². The van der Waals surface area contributed by atoms with Gasteiger partial charge in [0.1, 0.15) is 0 Å². The molecule has 1 heterocycles. The molecule has 2 nitrogen and oxygen atoms in total. The summed E-state index contributed by atoms with van der Waals surface area (Å²) in [6, 6.07) is 60.3. The van der Waals surface area contributed by atoms with Crippen molar-refractivity contribution in [2.24, 2.45) is 5.92 Å². The highest BCUT2D eigenvalue weighted by molar-refractivity contribution is 5.89. The van der Waals surface area contributed by atoms with Gasteiger partial charge in [-0.1, -0.05) is 117 Å².